The minimum Gasteiger partial charge on any atom is -0.495 e. The van der Waals surface area contributed by atoms with Crippen molar-refractivity contribution in [1.29, 1.82) is 0 Å². The second-order valence-corrected chi connectivity index (χ2v) is 4.28. The lowest BCUT2D eigenvalue weighted by atomic mass is 10.1. The molecular formula is C17H17NO. The molecule has 0 amide bonds. The third kappa shape index (κ3) is 3.86. The molecule has 1 heterocycles. The fraction of sp³-hybridized carbons (Fsp3) is 0.235. The van der Waals surface area contributed by atoms with Gasteiger partial charge in [-0.3, -0.25) is 0 Å². The SMILES string of the molecule is CCCc1ccc(C#Cc2ccc(OC)cn2)cc1. The predicted octanol–water partition coefficient (Wildman–Crippen LogP) is 3.44. The predicted molar refractivity (Wildman–Crippen MR) is 77.2 cm³/mol. The smallest absolute Gasteiger partial charge is 0.137 e. The molecular weight excluding hydrogens is 234 g/mol. The van der Waals surface area contributed by atoms with Crippen LogP contribution in [-0.2, 0) is 6.42 Å². The molecule has 0 aliphatic carbocycles. The van der Waals surface area contributed by atoms with E-state index < -0.39 is 0 Å². The average molecular weight is 251 g/mol. The molecule has 0 spiro atoms. The van der Waals surface area contributed by atoms with Crippen molar-refractivity contribution in [2.24, 2.45) is 0 Å². The Bertz CT molecular complexity index is 573. The number of hydrogen-bond donors (Lipinski definition) is 0. The van der Waals surface area contributed by atoms with Crippen LogP contribution in [0.5, 0.6) is 5.75 Å². The van der Waals surface area contributed by atoms with Crippen molar-refractivity contribution in [3.63, 3.8) is 0 Å². The summed E-state index contributed by atoms with van der Waals surface area (Å²) in [6.45, 7) is 2.18. The molecule has 2 nitrogen and oxygen atoms in total. The van der Waals surface area contributed by atoms with E-state index in [4.69, 9.17) is 4.74 Å². The number of pyridine rings is 1. The number of aryl methyl sites for hydroxylation is 1. The van der Waals surface area contributed by atoms with Gasteiger partial charge in [0.05, 0.1) is 13.3 Å². The Balaban J connectivity index is 2.09. The normalized spacial score (nSPS) is 9.58. The fourth-order valence-corrected chi connectivity index (χ4v) is 1.75. The Morgan fingerprint density at radius 3 is 2.42 bits per heavy atom. The Labute approximate surface area is 114 Å². The molecule has 0 saturated carbocycles. The van der Waals surface area contributed by atoms with Crippen LogP contribution in [0, 0.1) is 11.8 Å². The quantitative estimate of drug-likeness (QED) is 0.780. The molecule has 2 rings (SSSR count). The van der Waals surface area contributed by atoms with E-state index in [1.807, 2.05) is 12.1 Å². The molecule has 2 aromatic rings. The first kappa shape index (κ1) is 13.2. The van der Waals surface area contributed by atoms with Crippen molar-refractivity contribution in [2.45, 2.75) is 19.8 Å². The average Bonchev–Trinajstić information content (AvgIpc) is 2.47. The van der Waals surface area contributed by atoms with Gasteiger partial charge in [0.1, 0.15) is 11.4 Å². The minimum absolute atomic E-state index is 0.745. The van der Waals surface area contributed by atoms with Gasteiger partial charge in [-0.15, -0.1) is 0 Å². The summed E-state index contributed by atoms with van der Waals surface area (Å²) in [4.78, 5) is 4.21. The number of hydrogen-bond acceptors (Lipinski definition) is 2. The van der Waals surface area contributed by atoms with Crippen LogP contribution in [0.1, 0.15) is 30.2 Å². The van der Waals surface area contributed by atoms with E-state index in [1.54, 1.807) is 13.3 Å². The maximum absolute atomic E-state index is 5.06. The molecule has 0 unspecified atom stereocenters. The molecule has 0 atom stereocenters. The zero-order valence-electron chi connectivity index (χ0n) is 11.3. The van der Waals surface area contributed by atoms with E-state index >= 15 is 0 Å². The molecule has 2 heteroatoms. The highest BCUT2D eigenvalue weighted by Crippen LogP contribution is 2.08. The highest BCUT2D eigenvalue weighted by atomic mass is 16.5. The van der Waals surface area contributed by atoms with Crippen molar-refractivity contribution in [3.05, 3.63) is 59.4 Å². The summed E-state index contributed by atoms with van der Waals surface area (Å²) in [5.74, 6) is 6.91. The third-order valence-corrected chi connectivity index (χ3v) is 2.80. The maximum atomic E-state index is 5.06. The number of ether oxygens (including phenoxy) is 1. The molecule has 0 radical (unpaired) electrons. The molecule has 0 aliphatic heterocycles. The van der Waals surface area contributed by atoms with E-state index in [9.17, 15) is 0 Å². The van der Waals surface area contributed by atoms with Gasteiger partial charge in [-0.05, 0) is 42.2 Å². The summed E-state index contributed by atoms with van der Waals surface area (Å²) in [6.07, 6.45) is 3.96. The van der Waals surface area contributed by atoms with Gasteiger partial charge in [0.2, 0.25) is 0 Å². The second kappa shape index (κ2) is 6.61. The number of benzene rings is 1. The Kier molecular flexibility index (Phi) is 4.58. The minimum atomic E-state index is 0.745. The molecule has 0 N–H and O–H groups in total. The summed E-state index contributed by atoms with van der Waals surface area (Å²) >= 11 is 0. The first-order chi connectivity index (χ1) is 9.31. The van der Waals surface area contributed by atoms with E-state index in [1.165, 1.54) is 12.0 Å². The first-order valence-electron chi connectivity index (χ1n) is 6.43. The lowest BCUT2D eigenvalue weighted by Gasteiger charge is -1.98. The van der Waals surface area contributed by atoms with Crippen molar-refractivity contribution >= 4 is 0 Å². The molecule has 96 valence electrons. The highest BCUT2D eigenvalue weighted by Gasteiger charge is 1.93. The van der Waals surface area contributed by atoms with E-state index in [2.05, 4.69) is 48.0 Å². The zero-order valence-corrected chi connectivity index (χ0v) is 11.3. The lowest BCUT2D eigenvalue weighted by molar-refractivity contribution is 0.413. The molecule has 0 saturated heterocycles. The van der Waals surface area contributed by atoms with Gasteiger partial charge in [0.25, 0.3) is 0 Å². The monoisotopic (exact) mass is 251 g/mol. The van der Waals surface area contributed by atoms with E-state index in [0.29, 0.717) is 0 Å². The number of nitrogens with zero attached hydrogens (tertiary/aromatic N) is 1. The number of rotatable bonds is 3. The molecule has 1 aromatic heterocycles. The van der Waals surface area contributed by atoms with Crippen LogP contribution < -0.4 is 4.74 Å². The lowest BCUT2D eigenvalue weighted by Crippen LogP contribution is -1.86. The highest BCUT2D eigenvalue weighted by molar-refractivity contribution is 5.41. The van der Waals surface area contributed by atoms with Gasteiger partial charge in [0.15, 0.2) is 0 Å². The van der Waals surface area contributed by atoms with Crippen LogP contribution >= 0.6 is 0 Å². The first-order valence-corrected chi connectivity index (χ1v) is 6.43. The van der Waals surface area contributed by atoms with Gasteiger partial charge in [-0.1, -0.05) is 31.4 Å². The van der Waals surface area contributed by atoms with Crippen LogP contribution in [-0.4, -0.2) is 12.1 Å². The van der Waals surface area contributed by atoms with Gasteiger partial charge < -0.3 is 4.74 Å². The van der Waals surface area contributed by atoms with Gasteiger partial charge in [-0.25, -0.2) is 4.98 Å². The van der Waals surface area contributed by atoms with Crippen molar-refractivity contribution in [2.75, 3.05) is 7.11 Å². The summed E-state index contributed by atoms with van der Waals surface area (Å²) in [5, 5.41) is 0. The van der Waals surface area contributed by atoms with Crippen molar-refractivity contribution in [1.82, 2.24) is 4.98 Å². The van der Waals surface area contributed by atoms with Gasteiger partial charge in [-0.2, -0.15) is 0 Å². The molecule has 19 heavy (non-hydrogen) atoms. The summed E-state index contributed by atoms with van der Waals surface area (Å²) in [7, 11) is 1.63. The van der Waals surface area contributed by atoms with Crippen LogP contribution in [0.3, 0.4) is 0 Å². The van der Waals surface area contributed by atoms with Crippen LogP contribution in [0.15, 0.2) is 42.6 Å². The van der Waals surface area contributed by atoms with Gasteiger partial charge >= 0.3 is 0 Å². The van der Waals surface area contributed by atoms with Crippen molar-refractivity contribution < 1.29 is 4.74 Å². The topological polar surface area (TPSA) is 22.1 Å². The Hall–Kier alpha value is -2.27. The maximum Gasteiger partial charge on any atom is 0.137 e. The second-order valence-electron chi connectivity index (χ2n) is 4.28. The summed E-state index contributed by atoms with van der Waals surface area (Å²) in [6, 6.07) is 12.1. The summed E-state index contributed by atoms with van der Waals surface area (Å²) in [5.41, 5.74) is 3.12. The molecule has 0 bridgehead atoms. The van der Waals surface area contributed by atoms with Crippen LogP contribution in [0.25, 0.3) is 0 Å². The zero-order chi connectivity index (χ0) is 13.5. The third-order valence-electron chi connectivity index (χ3n) is 2.80. The largest absolute Gasteiger partial charge is 0.495 e. The standard InChI is InChI=1S/C17H17NO/c1-3-4-14-5-7-15(8-6-14)9-10-16-11-12-17(19-2)13-18-16/h5-8,11-13H,3-4H2,1-2H3. The van der Waals surface area contributed by atoms with E-state index in [-0.39, 0.29) is 0 Å². The van der Waals surface area contributed by atoms with Crippen LogP contribution in [0.4, 0.5) is 0 Å². The van der Waals surface area contributed by atoms with Crippen LogP contribution in [0.2, 0.25) is 0 Å². The Morgan fingerprint density at radius 2 is 1.84 bits per heavy atom. The fourth-order valence-electron chi connectivity index (χ4n) is 1.75. The van der Waals surface area contributed by atoms with Crippen molar-refractivity contribution in [3.8, 4) is 17.6 Å². The number of methoxy groups -OCH3 is 1. The summed E-state index contributed by atoms with van der Waals surface area (Å²) < 4.78 is 5.06. The molecule has 1 aromatic carbocycles. The Morgan fingerprint density at radius 1 is 1.05 bits per heavy atom. The van der Waals surface area contributed by atoms with E-state index in [0.717, 1.165) is 23.4 Å². The number of aromatic nitrogens is 1. The van der Waals surface area contributed by atoms with Gasteiger partial charge in [0, 0.05) is 5.56 Å². The molecule has 0 aliphatic rings. The molecule has 0 fully saturated rings.